The van der Waals surface area contributed by atoms with E-state index in [0.717, 1.165) is 0 Å². The van der Waals surface area contributed by atoms with Crippen molar-refractivity contribution in [3.8, 4) is 0 Å². The van der Waals surface area contributed by atoms with E-state index >= 15 is 0 Å². The molecule has 0 saturated heterocycles. The number of rotatable bonds is 3. The highest BCUT2D eigenvalue weighted by molar-refractivity contribution is 7.97. The van der Waals surface area contributed by atoms with Crippen LogP contribution < -0.4 is 0 Å². The first kappa shape index (κ1) is 8.15. The third-order valence-electron chi connectivity index (χ3n) is 1.98. The maximum atomic E-state index is 5.54. The van der Waals surface area contributed by atoms with Gasteiger partial charge in [-0.25, -0.2) is 0 Å². The Balaban J connectivity index is 2.28. The van der Waals surface area contributed by atoms with E-state index in [2.05, 4.69) is 13.5 Å². The van der Waals surface area contributed by atoms with Crippen molar-refractivity contribution in [2.45, 2.75) is 38.2 Å². The Morgan fingerprint density at radius 1 is 1.50 bits per heavy atom. The second-order valence-electron chi connectivity index (χ2n) is 3.00. The maximum Gasteiger partial charge on any atom is 0.0805 e. The Morgan fingerprint density at radius 2 is 2.10 bits per heavy atom. The fourth-order valence-corrected chi connectivity index (χ4v) is 1.82. The zero-order valence-corrected chi connectivity index (χ0v) is 7.25. The summed E-state index contributed by atoms with van der Waals surface area (Å²) in [6, 6.07) is 0. The Kier molecular flexibility index (Phi) is 2.81. The van der Waals surface area contributed by atoms with Gasteiger partial charge in [0.25, 0.3) is 0 Å². The van der Waals surface area contributed by atoms with Crippen LogP contribution in [0.3, 0.4) is 0 Å². The topological polar surface area (TPSA) is 9.23 Å². The largest absolute Gasteiger partial charge is 0.305 e. The van der Waals surface area contributed by atoms with Gasteiger partial charge in [-0.2, -0.15) is 0 Å². The highest BCUT2D eigenvalue weighted by Gasteiger charge is 2.29. The summed E-state index contributed by atoms with van der Waals surface area (Å²) in [6.07, 6.45) is 5.03. The van der Waals surface area contributed by atoms with Gasteiger partial charge in [0.1, 0.15) is 0 Å². The third kappa shape index (κ3) is 2.03. The molecule has 0 spiro atoms. The molecule has 1 aliphatic carbocycles. The Hall–Kier alpha value is 0.0500. The van der Waals surface area contributed by atoms with Gasteiger partial charge < -0.3 is 4.18 Å². The summed E-state index contributed by atoms with van der Waals surface area (Å²) >= 11 is 1.37. The van der Waals surface area contributed by atoms with Crippen LogP contribution >= 0.6 is 12.0 Å². The summed E-state index contributed by atoms with van der Waals surface area (Å²) in [4.78, 5) is 0. The van der Waals surface area contributed by atoms with Crippen LogP contribution in [0.2, 0.25) is 0 Å². The molecule has 0 heterocycles. The fraction of sp³-hybridized carbons (Fsp3) is 0.750. The summed E-state index contributed by atoms with van der Waals surface area (Å²) in [6.45, 7) is 5.77. The molecule has 0 bridgehead atoms. The smallest absolute Gasteiger partial charge is 0.0805 e. The number of hydrogen-bond donors (Lipinski definition) is 0. The predicted octanol–water partition coefficient (Wildman–Crippen LogP) is 3.13. The summed E-state index contributed by atoms with van der Waals surface area (Å²) in [5, 5.41) is 1.74. The Morgan fingerprint density at radius 3 is 2.60 bits per heavy atom. The third-order valence-corrected chi connectivity index (χ3v) is 2.61. The van der Waals surface area contributed by atoms with Crippen molar-refractivity contribution in [3.05, 3.63) is 12.0 Å². The second-order valence-corrected chi connectivity index (χ2v) is 3.70. The molecule has 1 saturated carbocycles. The van der Waals surface area contributed by atoms with E-state index < -0.39 is 0 Å². The first-order valence-corrected chi connectivity index (χ1v) is 4.53. The van der Waals surface area contributed by atoms with Crippen LogP contribution in [-0.4, -0.2) is 5.60 Å². The van der Waals surface area contributed by atoms with E-state index in [1.165, 1.54) is 37.7 Å². The molecule has 10 heavy (non-hydrogen) atoms. The van der Waals surface area contributed by atoms with Gasteiger partial charge >= 0.3 is 0 Å². The molecule has 0 aromatic carbocycles. The van der Waals surface area contributed by atoms with Crippen LogP contribution in [0.1, 0.15) is 32.6 Å². The van der Waals surface area contributed by atoms with Crippen LogP contribution in [0, 0.1) is 0 Å². The van der Waals surface area contributed by atoms with Crippen LogP contribution in [0.25, 0.3) is 0 Å². The monoisotopic (exact) mass is 158 g/mol. The first-order chi connectivity index (χ1) is 4.77. The van der Waals surface area contributed by atoms with E-state index in [4.69, 9.17) is 4.18 Å². The van der Waals surface area contributed by atoms with Gasteiger partial charge in [0.15, 0.2) is 0 Å². The van der Waals surface area contributed by atoms with Crippen molar-refractivity contribution >= 4 is 12.0 Å². The minimum Gasteiger partial charge on any atom is -0.305 e. The molecule has 58 valence electrons. The molecule has 0 aliphatic heterocycles. The molecule has 0 amide bonds. The van der Waals surface area contributed by atoms with E-state index in [-0.39, 0.29) is 5.60 Å². The highest BCUT2D eigenvalue weighted by atomic mass is 32.2. The molecule has 0 radical (unpaired) electrons. The van der Waals surface area contributed by atoms with E-state index in [1.54, 1.807) is 5.41 Å². The van der Waals surface area contributed by atoms with Gasteiger partial charge in [0.2, 0.25) is 0 Å². The van der Waals surface area contributed by atoms with Gasteiger partial charge in [-0.3, -0.25) is 0 Å². The van der Waals surface area contributed by atoms with Crippen molar-refractivity contribution in [3.63, 3.8) is 0 Å². The molecular weight excluding hydrogens is 144 g/mol. The summed E-state index contributed by atoms with van der Waals surface area (Å²) < 4.78 is 5.54. The van der Waals surface area contributed by atoms with Crippen molar-refractivity contribution in [1.29, 1.82) is 0 Å². The zero-order chi connectivity index (χ0) is 7.45. The molecule has 1 fully saturated rings. The summed E-state index contributed by atoms with van der Waals surface area (Å²) in [7, 11) is 0. The average molecular weight is 158 g/mol. The molecule has 1 rings (SSSR count). The van der Waals surface area contributed by atoms with Gasteiger partial charge in [-0.1, -0.05) is 19.4 Å². The minimum atomic E-state index is 0.138. The molecule has 0 aromatic rings. The lowest BCUT2D eigenvalue weighted by Gasteiger charge is -2.21. The van der Waals surface area contributed by atoms with Crippen LogP contribution in [0.15, 0.2) is 12.0 Å². The quantitative estimate of drug-likeness (QED) is 0.584. The molecule has 1 aliphatic rings. The van der Waals surface area contributed by atoms with Crippen molar-refractivity contribution < 1.29 is 4.18 Å². The molecule has 0 aromatic heterocycles. The highest BCUT2D eigenvalue weighted by Crippen LogP contribution is 2.35. The normalized spacial score (nSPS) is 22.9. The minimum absolute atomic E-state index is 0.138. The SMILES string of the molecule is C=CSOC1(C)CCCC1. The molecule has 0 atom stereocenters. The predicted molar refractivity (Wildman–Crippen MR) is 45.7 cm³/mol. The van der Waals surface area contributed by atoms with Gasteiger partial charge in [0.05, 0.1) is 5.60 Å². The van der Waals surface area contributed by atoms with E-state index in [1.807, 2.05) is 0 Å². The molecule has 0 unspecified atom stereocenters. The lowest BCUT2D eigenvalue weighted by Crippen LogP contribution is -2.20. The fourth-order valence-electron chi connectivity index (χ4n) is 1.36. The lowest BCUT2D eigenvalue weighted by atomic mass is 10.1. The first-order valence-electron chi connectivity index (χ1n) is 3.72. The standard InChI is InChI=1S/C8H14OS/c1-3-10-9-8(2)6-4-5-7-8/h3H,1,4-7H2,2H3. The van der Waals surface area contributed by atoms with E-state index in [9.17, 15) is 0 Å². The zero-order valence-electron chi connectivity index (χ0n) is 6.43. The summed E-state index contributed by atoms with van der Waals surface area (Å²) in [5.74, 6) is 0. The number of hydrogen-bond acceptors (Lipinski definition) is 2. The van der Waals surface area contributed by atoms with Gasteiger partial charge in [0, 0.05) is 12.0 Å². The average Bonchev–Trinajstić information content (AvgIpc) is 2.33. The van der Waals surface area contributed by atoms with Crippen LogP contribution in [-0.2, 0) is 4.18 Å². The Bertz CT molecular complexity index is 116. The lowest BCUT2D eigenvalue weighted by molar-refractivity contribution is 0.128. The van der Waals surface area contributed by atoms with Gasteiger partial charge in [-0.05, 0) is 25.2 Å². The van der Waals surface area contributed by atoms with Crippen LogP contribution in [0.5, 0.6) is 0 Å². The van der Waals surface area contributed by atoms with Crippen molar-refractivity contribution in [2.75, 3.05) is 0 Å². The van der Waals surface area contributed by atoms with Crippen LogP contribution in [0.4, 0.5) is 0 Å². The Labute approximate surface area is 67.0 Å². The van der Waals surface area contributed by atoms with Crippen molar-refractivity contribution in [2.24, 2.45) is 0 Å². The second kappa shape index (κ2) is 3.44. The molecular formula is C8H14OS. The van der Waals surface area contributed by atoms with Gasteiger partial charge in [-0.15, -0.1) is 0 Å². The maximum absolute atomic E-state index is 5.54. The molecule has 0 N–H and O–H groups in total. The van der Waals surface area contributed by atoms with E-state index in [0.29, 0.717) is 0 Å². The van der Waals surface area contributed by atoms with Crippen molar-refractivity contribution in [1.82, 2.24) is 0 Å². The molecule has 2 heteroatoms. The summed E-state index contributed by atoms with van der Waals surface area (Å²) in [5.41, 5.74) is 0.138. The molecule has 1 nitrogen and oxygen atoms in total.